The SMILES string of the molecule is c1ccc(-c2ccc(N(c3ccc(-c4ccccc4)cc3)c3ccc(-c4nc(-c5ccc6c(c5)Cc5cc7ccccc7cc5-6)c5ccccc5n4)cc3)cc2)cc1. The van der Waals surface area contributed by atoms with Gasteiger partial charge in [0.05, 0.1) is 11.2 Å². The molecule has 58 heavy (non-hydrogen) atoms. The highest BCUT2D eigenvalue weighted by Gasteiger charge is 2.21. The van der Waals surface area contributed by atoms with Crippen molar-refractivity contribution in [1.29, 1.82) is 0 Å². The first-order valence-corrected chi connectivity index (χ1v) is 19.9. The largest absolute Gasteiger partial charge is 0.311 e. The van der Waals surface area contributed by atoms with Gasteiger partial charge in [-0.2, -0.15) is 0 Å². The Morgan fingerprint density at radius 2 is 0.828 bits per heavy atom. The summed E-state index contributed by atoms with van der Waals surface area (Å²) in [6.45, 7) is 0. The zero-order chi connectivity index (χ0) is 38.4. The van der Waals surface area contributed by atoms with Crippen molar-refractivity contribution >= 4 is 38.7 Å². The fourth-order valence-corrected chi connectivity index (χ4v) is 8.54. The molecule has 0 aliphatic heterocycles. The molecule has 0 saturated heterocycles. The van der Waals surface area contributed by atoms with E-state index >= 15 is 0 Å². The molecule has 0 unspecified atom stereocenters. The van der Waals surface area contributed by atoms with E-state index in [0.717, 1.165) is 51.2 Å². The van der Waals surface area contributed by atoms with Gasteiger partial charge in [0, 0.05) is 33.6 Å². The summed E-state index contributed by atoms with van der Waals surface area (Å²) < 4.78 is 0. The highest BCUT2D eigenvalue weighted by molar-refractivity contribution is 5.96. The molecule has 272 valence electrons. The Bertz CT molecular complexity index is 3020. The van der Waals surface area contributed by atoms with Crippen LogP contribution in [0, 0.1) is 0 Å². The van der Waals surface area contributed by atoms with Crippen LogP contribution in [0.25, 0.3) is 77.7 Å². The van der Waals surface area contributed by atoms with E-state index in [-0.39, 0.29) is 0 Å². The second-order valence-electron chi connectivity index (χ2n) is 15.0. The van der Waals surface area contributed by atoms with E-state index < -0.39 is 0 Å². The van der Waals surface area contributed by atoms with Crippen LogP contribution in [0.1, 0.15) is 11.1 Å². The molecule has 1 aliphatic carbocycles. The normalized spacial score (nSPS) is 11.7. The van der Waals surface area contributed by atoms with Crippen LogP contribution in [0.4, 0.5) is 17.1 Å². The molecule has 0 bridgehead atoms. The Balaban J connectivity index is 0.961. The highest BCUT2D eigenvalue weighted by Crippen LogP contribution is 2.42. The van der Waals surface area contributed by atoms with Crippen LogP contribution in [0.3, 0.4) is 0 Å². The third kappa shape index (κ3) is 6.10. The first kappa shape index (κ1) is 33.7. The van der Waals surface area contributed by atoms with Gasteiger partial charge in [0.1, 0.15) is 0 Å². The summed E-state index contributed by atoms with van der Waals surface area (Å²) in [6, 6.07) is 75.9. The van der Waals surface area contributed by atoms with Crippen molar-refractivity contribution in [3.8, 4) is 56.0 Å². The topological polar surface area (TPSA) is 29.0 Å². The number of rotatable bonds is 7. The standard InChI is InChI=1S/C55H37N3/c1-3-11-37(12-4-1)39-19-26-47(27-20-39)58(48-28-21-40(22-29-48)38-13-5-2-6-14-38)49-30-23-41(24-31-49)55-56-53-18-10-9-17-51(53)54(57-55)44-25-32-50-45(34-44)35-46-33-42-15-7-8-16-43(42)36-52(46)50/h1-34,36H,35H2. The first-order valence-electron chi connectivity index (χ1n) is 19.9. The molecule has 0 N–H and O–H groups in total. The Labute approximate surface area is 338 Å². The monoisotopic (exact) mass is 739 g/mol. The van der Waals surface area contributed by atoms with Crippen LogP contribution in [-0.2, 0) is 6.42 Å². The lowest BCUT2D eigenvalue weighted by molar-refractivity contribution is 1.22. The van der Waals surface area contributed by atoms with Crippen LogP contribution in [0.2, 0.25) is 0 Å². The molecule has 0 spiro atoms. The smallest absolute Gasteiger partial charge is 0.160 e. The minimum Gasteiger partial charge on any atom is -0.311 e. The van der Waals surface area contributed by atoms with Crippen molar-refractivity contribution in [2.75, 3.05) is 4.90 Å². The molecule has 3 heteroatoms. The van der Waals surface area contributed by atoms with Gasteiger partial charge < -0.3 is 4.90 Å². The fourth-order valence-electron chi connectivity index (χ4n) is 8.54. The summed E-state index contributed by atoms with van der Waals surface area (Å²) in [7, 11) is 0. The molecule has 0 saturated carbocycles. The van der Waals surface area contributed by atoms with E-state index in [1.54, 1.807) is 0 Å². The average Bonchev–Trinajstić information content (AvgIpc) is 3.65. The van der Waals surface area contributed by atoms with E-state index in [0.29, 0.717) is 5.82 Å². The summed E-state index contributed by atoms with van der Waals surface area (Å²) in [4.78, 5) is 12.7. The van der Waals surface area contributed by atoms with Crippen LogP contribution < -0.4 is 4.90 Å². The van der Waals surface area contributed by atoms with Crippen molar-refractivity contribution in [1.82, 2.24) is 9.97 Å². The molecule has 9 aromatic carbocycles. The zero-order valence-corrected chi connectivity index (χ0v) is 31.8. The molecule has 0 amide bonds. The molecule has 3 nitrogen and oxygen atoms in total. The van der Waals surface area contributed by atoms with Gasteiger partial charge in [0.15, 0.2) is 5.82 Å². The van der Waals surface area contributed by atoms with Crippen molar-refractivity contribution in [3.63, 3.8) is 0 Å². The molecule has 1 heterocycles. The van der Waals surface area contributed by atoms with E-state index in [1.807, 2.05) is 0 Å². The van der Waals surface area contributed by atoms with Gasteiger partial charge in [0.25, 0.3) is 0 Å². The Hall–Kier alpha value is -7.62. The first-order chi connectivity index (χ1) is 28.7. The van der Waals surface area contributed by atoms with E-state index in [2.05, 4.69) is 217 Å². The second kappa shape index (κ2) is 14.1. The fraction of sp³-hybridized carbons (Fsp3) is 0.0182. The van der Waals surface area contributed by atoms with Gasteiger partial charge in [-0.1, -0.05) is 146 Å². The Morgan fingerprint density at radius 1 is 0.345 bits per heavy atom. The lowest BCUT2D eigenvalue weighted by atomic mass is 9.98. The van der Waals surface area contributed by atoms with Crippen molar-refractivity contribution in [2.24, 2.45) is 0 Å². The molecule has 10 aromatic rings. The third-order valence-corrected chi connectivity index (χ3v) is 11.5. The van der Waals surface area contributed by atoms with Crippen LogP contribution in [-0.4, -0.2) is 9.97 Å². The van der Waals surface area contributed by atoms with Crippen LogP contribution in [0.5, 0.6) is 0 Å². The molecule has 0 radical (unpaired) electrons. The molecule has 0 atom stereocenters. The summed E-state index contributed by atoms with van der Waals surface area (Å²) in [5.41, 5.74) is 17.3. The van der Waals surface area contributed by atoms with Crippen molar-refractivity contribution in [2.45, 2.75) is 6.42 Å². The summed E-state index contributed by atoms with van der Waals surface area (Å²) >= 11 is 0. The minimum absolute atomic E-state index is 0.710. The highest BCUT2D eigenvalue weighted by atomic mass is 15.1. The maximum absolute atomic E-state index is 5.30. The third-order valence-electron chi connectivity index (χ3n) is 11.5. The molecule has 0 fully saturated rings. The Morgan fingerprint density at radius 3 is 1.45 bits per heavy atom. The summed E-state index contributed by atoms with van der Waals surface area (Å²) in [5.74, 6) is 0.710. The number of anilines is 3. The maximum Gasteiger partial charge on any atom is 0.160 e. The molecule has 1 aliphatic rings. The van der Waals surface area contributed by atoms with Crippen molar-refractivity contribution in [3.05, 3.63) is 223 Å². The lowest BCUT2D eigenvalue weighted by Crippen LogP contribution is -2.10. The van der Waals surface area contributed by atoms with Gasteiger partial charge in [-0.15, -0.1) is 0 Å². The van der Waals surface area contributed by atoms with Crippen molar-refractivity contribution < 1.29 is 0 Å². The van der Waals surface area contributed by atoms with Gasteiger partial charge >= 0.3 is 0 Å². The summed E-state index contributed by atoms with van der Waals surface area (Å²) in [5, 5.41) is 3.62. The molecule has 1 aromatic heterocycles. The number of hydrogen-bond acceptors (Lipinski definition) is 3. The molecular weight excluding hydrogens is 703 g/mol. The number of benzene rings is 9. The number of nitrogens with zero attached hydrogens (tertiary/aromatic N) is 3. The molecule has 11 rings (SSSR count). The van der Waals surface area contributed by atoms with Gasteiger partial charge in [-0.25, -0.2) is 9.97 Å². The number of hydrogen-bond donors (Lipinski definition) is 0. The lowest BCUT2D eigenvalue weighted by Gasteiger charge is -2.26. The van der Waals surface area contributed by atoms with E-state index in [4.69, 9.17) is 9.97 Å². The van der Waals surface area contributed by atoms with Gasteiger partial charge in [0.2, 0.25) is 0 Å². The zero-order valence-electron chi connectivity index (χ0n) is 31.8. The Kier molecular flexibility index (Phi) is 8.22. The number of para-hydroxylation sites is 1. The summed E-state index contributed by atoms with van der Waals surface area (Å²) in [6.07, 6.45) is 0.918. The van der Waals surface area contributed by atoms with Crippen LogP contribution >= 0.6 is 0 Å². The van der Waals surface area contributed by atoms with Gasteiger partial charge in [-0.05, 0) is 128 Å². The minimum atomic E-state index is 0.710. The number of fused-ring (bicyclic) bond motifs is 5. The molecular formula is C55H37N3. The average molecular weight is 740 g/mol. The predicted octanol–water partition coefficient (Wildman–Crippen LogP) is 14.5. The predicted molar refractivity (Wildman–Crippen MR) is 242 cm³/mol. The van der Waals surface area contributed by atoms with E-state index in [9.17, 15) is 0 Å². The second-order valence-corrected chi connectivity index (χ2v) is 15.0. The number of aromatic nitrogens is 2. The van der Waals surface area contributed by atoms with E-state index in [1.165, 1.54) is 55.3 Å². The maximum atomic E-state index is 5.30. The van der Waals surface area contributed by atoms with Gasteiger partial charge in [-0.3, -0.25) is 0 Å². The quantitative estimate of drug-likeness (QED) is 0.163. The van der Waals surface area contributed by atoms with Crippen LogP contribution in [0.15, 0.2) is 212 Å².